The summed E-state index contributed by atoms with van der Waals surface area (Å²) in [7, 11) is -3.18. The standard InChI is InChI=1S/C24H25FN6O2S/c1-23(13-34(32,33)24(2,16-3-4-16)22(27)31-23)18-10-17(5-6-19(18)25)30-21-20-15(7-8-28-21)9-14(11-26)12-29-20/h5-10,12,16,32-33H,3-4,13H2,1-2H3,(H2,27,31)(H,28,30)/t23-,24-/m0/s1. The van der Waals surface area contributed by atoms with Crippen LogP contribution in [0.1, 0.15) is 37.8 Å². The molecule has 5 rings (SSSR count). The summed E-state index contributed by atoms with van der Waals surface area (Å²) >= 11 is 0. The second kappa shape index (κ2) is 7.63. The highest BCUT2D eigenvalue weighted by atomic mass is 32.3. The maximum absolute atomic E-state index is 15.1. The second-order valence-electron chi connectivity index (χ2n) is 9.35. The van der Waals surface area contributed by atoms with E-state index in [4.69, 9.17) is 11.0 Å². The van der Waals surface area contributed by atoms with Crippen LogP contribution < -0.4 is 11.1 Å². The van der Waals surface area contributed by atoms with Crippen LogP contribution >= 0.6 is 10.6 Å². The first-order valence-electron chi connectivity index (χ1n) is 10.9. The third kappa shape index (κ3) is 3.48. The zero-order valence-corrected chi connectivity index (χ0v) is 19.6. The van der Waals surface area contributed by atoms with E-state index in [1.807, 2.05) is 0 Å². The van der Waals surface area contributed by atoms with Crippen LogP contribution in [0.4, 0.5) is 15.9 Å². The number of halogens is 1. The lowest BCUT2D eigenvalue weighted by Gasteiger charge is -2.55. The van der Waals surface area contributed by atoms with E-state index in [0.29, 0.717) is 22.6 Å². The minimum Gasteiger partial charge on any atom is -0.386 e. The van der Waals surface area contributed by atoms with Gasteiger partial charge in [0.15, 0.2) is 5.82 Å². The van der Waals surface area contributed by atoms with E-state index in [9.17, 15) is 9.11 Å². The first-order valence-corrected chi connectivity index (χ1v) is 12.6. The van der Waals surface area contributed by atoms with Crippen molar-refractivity contribution in [2.75, 3.05) is 11.1 Å². The van der Waals surface area contributed by atoms with Gasteiger partial charge in [-0.1, -0.05) is 0 Å². The molecule has 5 N–H and O–H groups in total. The molecule has 34 heavy (non-hydrogen) atoms. The lowest BCUT2D eigenvalue weighted by molar-refractivity contribution is 0.402. The molecule has 1 fully saturated rings. The number of aromatic nitrogens is 2. The molecule has 1 aliphatic heterocycles. The summed E-state index contributed by atoms with van der Waals surface area (Å²) in [6, 6.07) is 10.00. The van der Waals surface area contributed by atoms with Crippen LogP contribution in [0.3, 0.4) is 0 Å². The van der Waals surface area contributed by atoms with E-state index in [1.54, 1.807) is 44.3 Å². The van der Waals surface area contributed by atoms with Crippen LogP contribution in [0.15, 0.2) is 47.7 Å². The highest BCUT2D eigenvalue weighted by Gasteiger charge is 2.58. The summed E-state index contributed by atoms with van der Waals surface area (Å²) < 4.78 is 36.3. The molecule has 8 nitrogen and oxygen atoms in total. The van der Waals surface area contributed by atoms with Gasteiger partial charge in [-0.2, -0.15) is 15.9 Å². The van der Waals surface area contributed by atoms with Gasteiger partial charge >= 0.3 is 0 Å². The Morgan fingerprint density at radius 1 is 1.21 bits per heavy atom. The quantitative estimate of drug-likeness (QED) is 0.417. The zero-order chi connectivity index (χ0) is 24.3. The molecule has 0 unspecified atom stereocenters. The number of rotatable bonds is 4. The molecule has 0 bridgehead atoms. The summed E-state index contributed by atoms with van der Waals surface area (Å²) in [5, 5.41) is 13.0. The Labute approximate surface area is 198 Å². The molecule has 1 aliphatic carbocycles. The number of hydrogen-bond donors (Lipinski definition) is 4. The highest BCUT2D eigenvalue weighted by molar-refractivity contribution is 8.26. The van der Waals surface area contributed by atoms with Gasteiger partial charge in [0.25, 0.3) is 0 Å². The van der Waals surface area contributed by atoms with E-state index < -0.39 is 26.7 Å². The molecule has 176 valence electrons. The number of anilines is 2. The van der Waals surface area contributed by atoms with Gasteiger partial charge in [0.1, 0.15) is 33.5 Å². The van der Waals surface area contributed by atoms with Gasteiger partial charge < -0.3 is 11.1 Å². The van der Waals surface area contributed by atoms with Crippen LogP contribution in [-0.4, -0.2) is 35.4 Å². The van der Waals surface area contributed by atoms with E-state index in [1.165, 1.54) is 12.3 Å². The molecule has 3 heterocycles. The van der Waals surface area contributed by atoms with Crippen LogP contribution in [0, 0.1) is 23.1 Å². The molecular formula is C24H25FN6O2S. The van der Waals surface area contributed by atoms with Crippen molar-refractivity contribution >= 4 is 38.8 Å². The van der Waals surface area contributed by atoms with Gasteiger partial charge in [-0.15, -0.1) is 0 Å². The van der Waals surface area contributed by atoms with E-state index in [0.717, 1.165) is 18.2 Å². The van der Waals surface area contributed by atoms with E-state index in [2.05, 4.69) is 26.3 Å². The minimum absolute atomic E-state index is 0.0788. The molecule has 2 atom stereocenters. The normalized spacial score (nSPS) is 27.0. The third-order valence-corrected chi connectivity index (χ3v) is 9.80. The molecule has 1 aromatic carbocycles. The van der Waals surface area contributed by atoms with Crippen LogP contribution in [-0.2, 0) is 5.54 Å². The van der Waals surface area contributed by atoms with Crippen molar-refractivity contribution in [3.8, 4) is 6.07 Å². The molecule has 0 spiro atoms. The number of nitriles is 1. The highest BCUT2D eigenvalue weighted by Crippen LogP contribution is 2.66. The number of nitrogens with one attached hydrogen (secondary N) is 1. The van der Waals surface area contributed by atoms with Crippen LogP contribution in [0.5, 0.6) is 0 Å². The van der Waals surface area contributed by atoms with Crippen molar-refractivity contribution in [2.24, 2.45) is 16.6 Å². The smallest absolute Gasteiger partial charge is 0.156 e. The van der Waals surface area contributed by atoms with Gasteiger partial charge in [-0.25, -0.2) is 9.37 Å². The molecule has 0 radical (unpaired) electrons. The third-order valence-electron chi connectivity index (χ3n) is 6.93. The number of aliphatic imine (C=N–C) groups is 1. The van der Waals surface area contributed by atoms with Crippen molar-refractivity contribution in [2.45, 2.75) is 37.0 Å². The van der Waals surface area contributed by atoms with Crippen LogP contribution in [0.25, 0.3) is 10.9 Å². The van der Waals surface area contributed by atoms with Gasteiger partial charge in [0, 0.05) is 29.0 Å². The Morgan fingerprint density at radius 3 is 2.65 bits per heavy atom. The zero-order valence-electron chi connectivity index (χ0n) is 18.8. The van der Waals surface area contributed by atoms with Gasteiger partial charge in [0.2, 0.25) is 0 Å². The molecule has 1 saturated carbocycles. The molecule has 2 aromatic heterocycles. The Bertz CT molecular complexity index is 1390. The molecule has 2 aliphatic rings. The molecule has 10 heteroatoms. The number of pyridine rings is 2. The largest absolute Gasteiger partial charge is 0.386 e. The molecular weight excluding hydrogens is 455 g/mol. The summed E-state index contributed by atoms with van der Waals surface area (Å²) in [6.45, 7) is 3.42. The number of hydrogen-bond acceptors (Lipinski definition) is 8. The summed E-state index contributed by atoms with van der Waals surface area (Å²) in [5.74, 6) is 0.0586. The van der Waals surface area contributed by atoms with Crippen molar-refractivity contribution in [3.05, 3.63) is 59.7 Å². The lowest BCUT2D eigenvalue weighted by Crippen LogP contribution is -2.55. The molecule has 3 aromatic rings. The maximum Gasteiger partial charge on any atom is 0.156 e. The fraction of sp³-hybridized carbons (Fsp3) is 0.333. The van der Waals surface area contributed by atoms with E-state index in [-0.39, 0.29) is 23.1 Å². The summed E-state index contributed by atoms with van der Waals surface area (Å²) in [5.41, 5.74) is 6.81. The maximum atomic E-state index is 15.1. The minimum atomic E-state index is -3.18. The monoisotopic (exact) mass is 480 g/mol. The number of nitrogens with two attached hydrogens (primary N) is 1. The lowest BCUT2D eigenvalue weighted by atomic mass is 9.92. The van der Waals surface area contributed by atoms with Crippen molar-refractivity contribution in [1.82, 2.24) is 9.97 Å². The van der Waals surface area contributed by atoms with Gasteiger partial charge in [-0.3, -0.25) is 19.1 Å². The number of amidine groups is 1. The Morgan fingerprint density at radius 2 is 1.97 bits per heavy atom. The molecule has 0 saturated heterocycles. The predicted molar refractivity (Wildman–Crippen MR) is 132 cm³/mol. The fourth-order valence-corrected chi connectivity index (χ4v) is 7.19. The first kappa shape index (κ1) is 22.5. The van der Waals surface area contributed by atoms with Crippen molar-refractivity contribution < 1.29 is 13.5 Å². The summed E-state index contributed by atoms with van der Waals surface area (Å²) in [6.07, 6.45) is 4.80. The van der Waals surface area contributed by atoms with Gasteiger partial charge in [-0.05, 0) is 62.9 Å². The Hall–Kier alpha value is -3.26. The number of benzene rings is 1. The van der Waals surface area contributed by atoms with Crippen molar-refractivity contribution in [1.29, 1.82) is 5.26 Å². The topological polar surface area (TPSA) is 140 Å². The van der Waals surface area contributed by atoms with Crippen molar-refractivity contribution in [3.63, 3.8) is 0 Å². The second-order valence-corrected chi connectivity index (χ2v) is 11.8. The SMILES string of the molecule is C[C@@]1(c2cc(Nc3nccc4cc(C#N)cnc34)ccc2F)CS(O)(O)[C@@](C)(C2CC2)C(N)=N1. The number of nitrogens with zero attached hydrogens (tertiary/aromatic N) is 4. The number of fused-ring (bicyclic) bond motifs is 1. The average molecular weight is 481 g/mol. The predicted octanol–water partition coefficient (Wildman–Crippen LogP) is 4.89. The van der Waals surface area contributed by atoms with Gasteiger partial charge in [0.05, 0.1) is 11.3 Å². The average Bonchev–Trinajstić information content (AvgIpc) is 3.64. The Balaban J connectivity index is 1.54. The fourth-order valence-electron chi connectivity index (χ4n) is 4.73. The van der Waals surface area contributed by atoms with Crippen LogP contribution in [0.2, 0.25) is 0 Å². The first-order chi connectivity index (χ1) is 16.1. The molecule has 0 amide bonds. The summed E-state index contributed by atoms with van der Waals surface area (Å²) in [4.78, 5) is 13.3. The Kier molecular flexibility index (Phi) is 5.06. The van der Waals surface area contributed by atoms with E-state index >= 15 is 4.39 Å².